The summed E-state index contributed by atoms with van der Waals surface area (Å²) in [5.41, 5.74) is 0. The lowest BCUT2D eigenvalue weighted by molar-refractivity contribution is -0.151. The standard InChI is InChI=1S/C18H32O5/c1-10-6-12(3)18(22)23-9-13(4)17(21)14(5)16(20)11(2)8-15(19)7-10/h10-15,17,19,21H,6-9H2,1-5H3/t10-,11+,12?,13-,14?,15?,17-/m0/s1. The fraction of sp³-hybridized carbons (Fsp3) is 0.889. The highest BCUT2D eigenvalue weighted by Crippen LogP contribution is 2.25. The second kappa shape index (κ2) is 8.78. The van der Waals surface area contributed by atoms with E-state index in [1.165, 1.54) is 0 Å². The second-order valence-electron chi connectivity index (χ2n) is 7.56. The van der Waals surface area contributed by atoms with Gasteiger partial charge in [-0.15, -0.1) is 0 Å². The summed E-state index contributed by atoms with van der Waals surface area (Å²) in [5.74, 6) is -1.52. The summed E-state index contributed by atoms with van der Waals surface area (Å²) in [7, 11) is 0. The average molecular weight is 328 g/mol. The Bertz CT molecular complexity index is 408. The van der Waals surface area contributed by atoms with Gasteiger partial charge in [-0.05, 0) is 25.2 Å². The molecule has 0 radical (unpaired) electrons. The molecule has 134 valence electrons. The molecule has 1 aliphatic heterocycles. The van der Waals surface area contributed by atoms with E-state index in [1.54, 1.807) is 20.8 Å². The first-order chi connectivity index (χ1) is 10.6. The molecule has 1 saturated heterocycles. The van der Waals surface area contributed by atoms with Crippen LogP contribution in [0.25, 0.3) is 0 Å². The minimum absolute atomic E-state index is 0.0483. The molecule has 3 unspecified atom stereocenters. The number of carbonyl (C=O) groups excluding carboxylic acids is 2. The van der Waals surface area contributed by atoms with Crippen molar-refractivity contribution in [3.8, 4) is 0 Å². The molecule has 7 atom stereocenters. The molecule has 5 nitrogen and oxygen atoms in total. The lowest BCUT2D eigenvalue weighted by Gasteiger charge is -2.28. The van der Waals surface area contributed by atoms with E-state index in [9.17, 15) is 19.8 Å². The normalized spacial score (nSPS) is 42.0. The third-order valence-corrected chi connectivity index (χ3v) is 4.98. The SMILES string of the molecule is CC1C[C@H](C)CC(O)C[C@@H](C)C(=O)C(C)[C@@H](O)[C@@H](C)COC1=O. The first kappa shape index (κ1) is 20.1. The van der Waals surface area contributed by atoms with E-state index < -0.39 is 18.1 Å². The Labute approximate surface area is 139 Å². The molecule has 1 rings (SSSR count). The third kappa shape index (κ3) is 5.88. The van der Waals surface area contributed by atoms with Crippen molar-refractivity contribution in [3.05, 3.63) is 0 Å². The largest absolute Gasteiger partial charge is 0.465 e. The predicted octanol–water partition coefficient (Wildman–Crippen LogP) is 2.18. The lowest BCUT2D eigenvalue weighted by atomic mass is 9.82. The minimum Gasteiger partial charge on any atom is -0.465 e. The fourth-order valence-corrected chi connectivity index (χ4v) is 3.45. The van der Waals surface area contributed by atoms with Gasteiger partial charge in [0.25, 0.3) is 0 Å². The number of cyclic esters (lactones) is 1. The summed E-state index contributed by atoms with van der Waals surface area (Å²) < 4.78 is 5.29. The van der Waals surface area contributed by atoms with Gasteiger partial charge >= 0.3 is 5.97 Å². The van der Waals surface area contributed by atoms with Crippen molar-refractivity contribution in [3.63, 3.8) is 0 Å². The number of hydrogen-bond donors (Lipinski definition) is 2. The van der Waals surface area contributed by atoms with E-state index in [1.807, 2.05) is 13.8 Å². The molecule has 0 aromatic rings. The monoisotopic (exact) mass is 328 g/mol. The minimum atomic E-state index is -0.855. The van der Waals surface area contributed by atoms with Crippen LogP contribution in [0, 0.1) is 29.6 Å². The molecule has 0 bridgehead atoms. The van der Waals surface area contributed by atoms with Crippen LogP contribution in [0.2, 0.25) is 0 Å². The maximum atomic E-state index is 12.4. The van der Waals surface area contributed by atoms with Gasteiger partial charge < -0.3 is 14.9 Å². The van der Waals surface area contributed by atoms with Crippen LogP contribution in [0.1, 0.15) is 53.9 Å². The van der Waals surface area contributed by atoms with Gasteiger partial charge in [0.2, 0.25) is 0 Å². The molecule has 1 heterocycles. The molecule has 0 aromatic carbocycles. The van der Waals surface area contributed by atoms with Crippen LogP contribution in [0.15, 0.2) is 0 Å². The van der Waals surface area contributed by atoms with Gasteiger partial charge in [0, 0.05) is 17.8 Å². The van der Waals surface area contributed by atoms with Crippen molar-refractivity contribution in [2.45, 2.75) is 66.1 Å². The van der Waals surface area contributed by atoms with Crippen molar-refractivity contribution in [1.82, 2.24) is 0 Å². The zero-order valence-corrected chi connectivity index (χ0v) is 15.0. The summed E-state index contributed by atoms with van der Waals surface area (Å²) in [6, 6.07) is 0. The molecule has 0 aliphatic carbocycles. The molecule has 0 saturated carbocycles. The summed E-state index contributed by atoms with van der Waals surface area (Å²) in [6.07, 6.45) is 0.172. The summed E-state index contributed by atoms with van der Waals surface area (Å²) in [5, 5.41) is 20.5. The van der Waals surface area contributed by atoms with E-state index in [-0.39, 0.29) is 42.0 Å². The number of ether oxygens (including phenoxy) is 1. The molecule has 0 aromatic heterocycles. The molecule has 5 heteroatoms. The smallest absolute Gasteiger partial charge is 0.308 e. The third-order valence-electron chi connectivity index (χ3n) is 4.98. The van der Waals surface area contributed by atoms with Gasteiger partial charge in [-0.1, -0.05) is 34.6 Å². The maximum absolute atomic E-state index is 12.4. The van der Waals surface area contributed by atoms with Crippen LogP contribution in [0.4, 0.5) is 0 Å². The van der Waals surface area contributed by atoms with Crippen LogP contribution >= 0.6 is 0 Å². The molecular formula is C18H32O5. The van der Waals surface area contributed by atoms with Gasteiger partial charge in [-0.25, -0.2) is 0 Å². The van der Waals surface area contributed by atoms with Gasteiger partial charge in [0.15, 0.2) is 0 Å². The number of aliphatic hydroxyl groups excluding tert-OH is 2. The number of Topliss-reactive ketones (excluding diaryl/α,β-unsaturated/α-hetero) is 1. The second-order valence-corrected chi connectivity index (χ2v) is 7.56. The van der Waals surface area contributed by atoms with E-state index in [0.29, 0.717) is 19.3 Å². The topological polar surface area (TPSA) is 83.8 Å². The Kier molecular flexibility index (Phi) is 7.68. The molecule has 23 heavy (non-hydrogen) atoms. The van der Waals surface area contributed by atoms with Crippen LogP contribution in [-0.4, -0.2) is 40.8 Å². The number of aliphatic hydroxyl groups is 2. The van der Waals surface area contributed by atoms with Crippen LogP contribution in [-0.2, 0) is 14.3 Å². The Morgan fingerprint density at radius 2 is 1.52 bits per heavy atom. The van der Waals surface area contributed by atoms with Crippen molar-refractivity contribution < 1.29 is 24.5 Å². The number of rotatable bonds is 0. The van der Waals surface area contributed by atoms with E-state index in [0.717, 1.165) is 0 Å². The molecule has 2 N–H and O–H groups in total. The number of esters is 1. The Hall–Kier alpha value is -0.940. The predicted molar refractivity (Wildman–Crippen MR) is 87.7 cm³/mol. The maximum Gasteiger partial charge on any atom is 0.308 e. The Balaban J connectivity index is 2.89. The first-order valence-electron chi connectivity index (χ1n) is 8.69. The van der Waals surface area contributed by atoms with Crippen molar-refractivity contribution >= 4 is 11.8 Å². The molecule has 0 amide bonds. The molecule has 1 aliphatic rings. The van der Waals surface area contributed by atoms with Gasteiger partial charge in [0.1, 0.15) is 5.78 Å². The quantitative estimate of drug-likeness (QED) is 0.666. The van der Waals surface area contributed by atoms with E-state index in [4.69, 9.17) is 4.74 Å². The highest BCUT2D eigenvalue weighted by atomic mass is 16.5. The zero-order valence-electron chi connectivity index (χ0n) is 15.0. The number of ketones is 1. The van der Waals surface area contributed by atoms with Gasteiger partial charge in [-0.3, -0.25) is 9.59 Å². The summed E-state index contributed by atoms with van der Waals surface area (Å²) in [6.45, 7) is 9.23. The van der Waals surface area contributed by atoms with Crippen molar-refractivity contribution in [2.75, 3.05) is 6.61 Å². The first-order valence-corrected chi connectivity index (χ1v) is 8.69. The van der Waals surface area contributed by atoms with E-state index in [2.05, 4.69) is 0 Å². The highest BCUT2D eigenvalue weighted by molar-refractivity contribution is 5.83. The summed E-state index contributed by atoms with van der Waals surface area (Å²) >= 11 is 0. The highest BCUT2D eigenvalue weighted by Gasteiger charge is 2.32. The molecule has 1 fully saturated rings. The average Bonchev–Trinajstić information content (AvgIpc) is 2.48. The molecule has 0 spiro atoms. The van der Waals surface area contributed by atoms with Gasteiger partial charge in [0.05, 0.1) is 24.7 Å². The van der Waals surface area contributed by atoms with Crippen LogP contribution in [0.5, 0.6) is 0 Å². The van der Waals surface area contributed by atoms with Gasteiger partial charge in [-0.2, -0.15) is 0 Å². The van der Waals surface area contributed by atoms with Crippen LogP contribution < -0.4 is 0 Å². The Morgan fingerprint density at radius 1 is 0.913 bits per heavy atom. The zero-order chi connectivity index (χ0) is 17.7. The fourth-order valence-electron chi connectivity index (χ4n) is 3.45. The Morgan fingerprint density at radius 3 is 2.13 bits per heavy atom. The summed E-state index contributed by atoms with van der Waals surface area (Å²) in [4.78, 5) is 24.5. The van der Waals surface area contributed by atoms with Crippen molar-refractivity contribution in [2.24, 2.45) is 29.6 Å². The number of hydrogen-bond acceptors (Lipinski definition) is 5. The van der Waals surface area contributed by atoms with Crippen LogP contribution in [0.3, 0.4) is 0 Å². The number of carbonyl (C=O) groups is 2. The van der Waals surface area contributed by atoms with E-state index >= 15 is 0 Å². The lowest BCUT2D eigenvalue weighted by Crippen LogP contribution is -2.37. The van der Waals surface area contributed by atoms with Crippen molar-refractivity contribution in [1.29, 1.82) is 0 Å². The molecular weight excluding hydrogens is 296 g/mol.